The van der Waals surface area contributed by atoms with E-state index in [4.69, 9.17) is 10.5 Å². The predicted molar refractivity (Wildman–Crippen MR) is 56.5 cm³/mol. The third-order valence-corrected chi connectivity index (χ3v) is 1.94. The van der Waals surface area contributed by atoms with E-state index in [1.54, 1.807) is 0 Å². The highest BCUT2D eigenvalue weighted by atomic mass is 16.5. The normalized spacial score (nSPS) is 11.9. The number of carbonyl (C=O) groups excluding carboxylic acids is 1. The van der Waals surface area contributed by atoms with E-state index >= 15 is 0 Å². The smallest absolute Gasteiger partial charge is 0.322 e. The summed E-state index contributed by atoms with van der Waals surface area (Å²) in [6.45, 7) is 0.403. The molecule has 4 nitrogen and oxygen atoms in total. The van der Waals surface area contributed by atoms with E-state index < -0.39 is 12.0 Å². The van der Waals surface area contributed by atoms with E-state index in [2.05, 4.69) is 4.74 Å². The van der Waals surface area contributed by atoms with Crippen LogP contribution in [0.25, 0.3) is 0 Å². The monoisotopic (exact) mass is 209 g/mol. The van der Waals surface area contributed by atoms with Crippen LogP contribution in [0.15, 0.2) is 30.3 Å². The Balaban J connectivity index is 2.25. The maximum atomic E-state index is 11.0. The summed E-state index contributed by atoms with van der Waals surface area (Å²) in [4.78, 5) is 11.0. The van der Waals surface area contributed by atoms with Gasteiger partial charge in [-0.05, 0) is 12.1 Å². The summed E-state index contributed by atoms with van der Waals surface area (Å²) in [5.74, 6) is 0.362. The lowest BCUT2D eigenvalue weighted by Gasteiger charge is -2.10. The van der Waals surface area contributed by atoms with Crippen molar-refractivity contribution in [2.24, 2.45) is 5.73 Å². The third kappa shape index (κ3) is 3.99. The molecule has 0 bridgehead atoms. The van der Waals surface area contributed by atoms with Crippen molar-refractivity contribution in [2.45, 2.75) is 12.5 Å². The molecule has 0 spiro atoms. The van der Waals surface area contributed by atoms with Crippen molar-refractivity contribution in [1.29, 1.82) is 0 Å². The van der Waals surface area contributed by atoms with Crippen molar-refractivity contribution in [3.8, 4) is 5.75 Å². The van der Waals surface area contributed by atoms with Gasteiger partial charge in [-0.15, -0.1) is 0 Å². The van der Waals surface area contributed by atoms with Crippen molar-refractivity contribution < 1.29 is 14.3 Å². The number of nitrogens with two attached hydrogens (primary N) is 1. The lowest BCUT2D eigenvalue weighted by Crippen LogP contribution is -2.33. The SMILES string of the molecule is COC(=O)C(N)CCOc1ccccc1. The molecule has 15 heavy (non-hydrogen) atoms. The lowest BCUT2D eigenvalue weighted by molar-refractivity contribution is -0.142. The average molecular weight is 209 g/mol. The first kappa shape index (κ1) is 11.5. The number of benzene rings is 1. The van der Waals surface area contributed by atoms with Gasteiger partial charge in [0.15, 0.2) is 0 Å². The maximum absolute atomic E-state index is 11.0. The Morgan fingerprint density at radius 1 is 1.40 bits per heavy atom. The van der Waals surface area contributed by atoms with Crippen LogP contribution in [0.1, 0.15) is 6.42 Å². The minimum Gasteiger partial charge on any atom is -0.494 e. The summed E-state index contributed by atoms with van der Waals surface area (Å²) in [6.07, 6.45) is 0.446. The zero-order valence-corrected chi connectivity index (χ0v) is 8.68. The van der Waals surface area contributed by atoms with Crippen molar-refractivity contribution in [2.75, 3.05) is 13.7 Å². The van der Waals surface area contributed by atoms with Gasteiger partial charge in [0, 0.05) is 6.42 Å². The van der Waals surface area contributed by atoms with Gasteiger partial charge in [-0.3, -0.25) is 4.79 Å². The van der Waals surface area contributed by atoms with E-state index in [0.717, 1.165) is 5.75 Å². The fourth-order valence-corrected chi connectivity index (χ4v) is 1.09. The molecule has 0 heterocycles. The average Bonchev–Trinajstić information content (AvgIpc) is 2.29. The van der Waals surface area contributed by atoms with Gasteiger partial charge in [0.25, 0.3) is 0 Å². The zero-order chi connectivity index (χ0) is 11.1. The van der Waals surface area contributed by atoms with E-state index in [1.165, 1.54) is 7.11 Å². The fourth-order valence-electron chi connectivity index (χ4n) is 1.09. The molecular formula is C11H15NO3. The minimum absolute atomic E-state index is 0.403. The second-order valence-electron chi connectivity index (χ2n) is 3.08. The summed E-state index contributed by atoms with van der Waals surface area (Å²) in [5.41, 5.74) is 5.54. The van der Waals surface area contributed by atoms with Crippen LogP contribution in [0.4, 0.5) is 0 Å². The standard InChI is InChI=1S/C11H15NO3/c1-14-11(13)10(12)7-8-15-9-5-3-2-4-6-9/h2-6,10H,7-8,12H2,1H3. The Bertz CT molecular complexity index is 300. The molecule has 0 aromatic heterocycles. The van der Waals surface area contributed by atoms with Crippen LogP contribution in [0.3, 0.4) is 0 Å². The Hall–Kier alpha value is -1.55. The molecule has 0 aliphatic heterocycles. The van der Waals surface area contributed by atoms with Crippen molar-refractivity contribution >= 4 is 5.97 Å². The number of hydrogen-bond acceptors (Lipinski definition) is 4. The number of ether oxygens (including phenoxy) is 2. The van der Waals surface area contributed by atoms with Crippen LogP contribution in [0, 0.1) is 0 Å². The molecule has 0 amide bonds. The topological polar surface area (TPSA) is 61.5 Å². The number of carbonyl (C=O) groups is 1. The predicted octanol–water partition coefficient (Wildman–Crippen LogP) is 0.956. The van der Waals surface area contributed by atoms with Gasteiger partial charge in [0.2, 0.25) is 0 Å². The minimum atomic E-state index is -0.612. The van der Waals surface area contributed by atoms with Crippen LogP contribution in [-0.4, -0.2) is 25.7 Å². The first-order valence-electron chi connectivity index (χ1n) is 4.75. The third-order valence-electron chi connectivity index (χ3n) is 1.94. The van der Waals surface area contributed by atoms with E-state index in [0.29, 0.717) is 13.0 Å². The Kier molecular flexibility index (Phi) is 4.63. The summed E-state index contributed by atoms with van der Waals surface area (Å²) in [5, 5.41) is 0. The Morgan fingerprint density at radius 3 is 2.67 bits per heavy atom. The number of methoxy groups -OCH3 is 1. The van der Waals surface area contributed by atoms with E-state index in [1.807, 2.05) is 30.3 Å². The highest BCUT2D eigenvalue weighted by Crippen LogP contribution is 2.08. The largest absolute Gasteiger partial charge is 0.494 e. The second kappa shape index (κ2) is 6.03. The van der Waals surface area contributed by atoms with Gasteiger partial charge >= 0.3 is 5.97 Å². The number of hydrogen-bond donors (Lipinski definition) is 1. The van der Waals surface area contributed by atoms with Crippen LogP contribution in [0.2, 0.25) is 0 Å². The molecule has 2 N–H and O–H groups in total. The van der Waals surface area contributed by atoms with E-state index in [9.17, 15) is 4.79 Å². The number of esters is 1. The van der Waals surface area contributed by atoms with Crippen LogP contribution < -0.4 is 10.5 Å². The van der Waals surface area contributed by atoms with Crippen LogP contribution in [0.5, 0.6) is 5.75 Å². The fraction of sp³-hybridized carbons (Fsp3) is 0.364. The first-order chi connectivity index (χ1) is 7.24. The van der Waals surface area contributed by atoms with Gasteiger partial charge < -0.3 is 15.2 Å². The molecule has 1 atom stereocenters. The molecule has 1 aromatic rings. The van der Waals surface area contributed by atoms with Crippen molar-refractivity contribution in [3.63, 3.8) is 0 Å². The molecule has 1 rings (SSSR count). The van der Waals surface area contributed by atoms with Gasteiger partial charge in [0.1, 0.15) is 11.8 Å². The molecule has 0 saturated heterocycles. The van der Waals surface area contributed by atoms with Crippen molar-refractivity contribution in [1.82, 2.24) is 0 Å². The first-order valence-corrected chi connectivity index (χ1v) is 4.75. The molecule has 0 aliphatic carbocycles. The summed E-state index contributed by atoms with van der Waals surface area (Å²) >= 11 is 0. The van der Waals surface area contributed by atoms with Crippen molar-refractivity contribution in [3.05, 3.63) is 30.3 Å². The molecule has 0 saturated carbocycles. The summed E-state index contributed by atoms with van der Waals surface area (Å²) < 4.78 is 9.88. The van der Waals surface area contributed by atoms with E-state index in [-0.39, 0.29) is 0 Å². The zero-order valence-electron chi connectivity index (χ0n) is 8.68. The number of rotatable bonds is 5. The summed E-state index contributed by atoms with van der Waals surface area (Å²) in [6, 6.07) is 8.77. The molecule has 4 heteroatoms. The molecule has 0 fully saturated rings. The van der Waals surface area contributed by atoms with Gasteiger partial charge in [-0.2, -0.15) is 0 Å². The molecule has 0 radical (unpaired) electrons. The highest BCUT2D eigenvalue weighted by molar-refractivity contribution is 5.75. The van der Waals surface area contributed by atoms with Gasteiger partial charge in [-0.25, -0.2) is 0 Å². The second-order valence-corrected chi connectivity index (χ2v) is 3.08. The van der Waals surface area contributed by atoms with Crippen LogP contribution >= 0.6 is 0 Å². The number of para-hydroxylation sites is 1. The summed E-state index contributed by atoms with van der Waals surface area (Å²) in [7, 11) is 1.32. The molecule has 0 aliphatic rings. The van der Waals surface area contributed by atoms with Gasteiger partial charge in [-0.1, -0.05) is 18.2 Å². The Morgan fingerprint density at radius 2 is 2.07 bits per heavy atom. The van der Waals surface area contributed by atoms with Gasteiger partial charge in [0.05, 0.1) is 13.7 Å². The quantitative estimate of drug-likeness (QED) is 0.733. The van der Waals surface area contributed by atoms with Crippen LogP contribution in [-0.2, 0) is 9.53 Å². The maximum Gasteiger partial charge on any atom is 0.322 e. The molecule has 1 unspecified atom stereocenters. The lowest BCUT2D eigenvalue weighted by atomic mass is 10.2. The molecule has 82 valence electrons. The molecular weight excluding hydrogens is 194 g/mol. The Labute approximate surface area is 89.0 Å². The highest BCUT2D eigenvalue weighted by Gasteiger charge is 2.12. The molecule has 1 aromatic carbocycles.